The van der Waals surface area contributed by atoms with Crippen LogP contribution in [0.3, 0.4) is 0 Å². The summed E-state index contributed by atoms with van der Waals surface area (Å²) in [7, 11) is -2.52. The summed E-state index contributed by atoms with van der Waals surface area (Å²) in [4.78, 5) is 11.3. The van der Waals surface area contributed by atoms with Crippen molar-refractivity contribution in [1.82, 2.24) is 0 Å². The molecule has 1 atom stereocenters. The number of alkyl halides is 3. The molecule has 0 aliphatic heterocycles. The standard InChI is InChI=1S/C9H17F3O3Si/c1-6-14-7(13)8(2,9(10,11)12)15-16(3,4)5/h6H2,1-5H3. The Labute approximate surface area is 94.0 Å². The van der Waals surface area contributed by atoms with Gasteiger partial charge >= 0.3 is 12.1 Å². The third kappa shape index (κ3) is 3.78. The molecule has 0 aromatic heterocycles. The summed E-state index contributed by atoms with van der Waals surface area (Å²) in [6, 6.07) is 0. The highest BCUT2D eigenvalue weighted by molar-refractivity contribution is 6.70. The number of carbonyl (C=O) groups is 1. The Hall–Kier alpha value is -0.563. The van der Waals surface area contributed by atoms with Crippen LogP contribution in [0.25, 0.3) is 0 Å². The van der Waals surface area contributed by atoms with Gasteiger partial charge in [-0.3, -0.25) is 0 Å². The minimum Gasteiger partial charge on any atom is -0.464 e. The van der Waals surface area contributed by atoms with Crippen molar-refractivity contribution in [3.05, 3.63) is 0 Å². The molecule has 3 nitrogen and oxygen atoms in total. The van der Waals surface area contributed by atoms with Gasteiger partial charge in [-0.05, 0) is 33.5 Å². The second-order valence-electron chi connectivity index (χ2n) is 4.47. The molecule has 0 aliphatic rings. The Morgan fingerprint density at radius 3 is 1.94 bits per heavy atom. The van der Waals surface area contributed by atoms with Crippen molar-refractivity contribution in [3.8, 4) is 0 Å². The lowest BCUT2D eigenvalue weighted by atomic mass is 10.1. The second-order valence-corrected chi connectivity index (χ2v) is 8.89. The van der Waals surface area contributed by atoms with Gasteiger partial charge in [0, 0.05) is 0 Å². The number of ether oxygens (including phenoxy) is 1. The van der Waals surface area contributed by atoms with Crippen molar-refractivity contribution in [2.75, 3.05) is 6.61 Å². The summed E-state index contributed by atoms with van der Waals surface area (Å²) in [6.07, 6.45) is -4.78. The first kappa shape index (κ1) is 15.4. The first-order chi connectivity index (χ1) is 6.94. The van der Waals surface area contributed by atoms with E-state index in [9.17, 15) is 18.0 Å². The van der Waals surface area contributed by atoms with E-state index < -0.39 is 26.1 Å². The molecular formula is C9H17F3O3Si. The molecule has 0 aromatic carbocycles. The van der Waals surface area contributed by atoms with Crippen LogP contribution in [-0.4, -0.2) is 32.7 Å². The maximum atomic E-state index is 12.8. The SMILES string of the molecule is CCOC(=O)C(C)(O[Si](C)(C)C)C(F)(F)F. The van der Waals surface area contributed by atoms with E-state index in [1.54, 1.807) is 19.6 Å². The molecule has 0 aromatic rings. The quantitative estimate of drug-likeness (QED) is 0.574. The molecule has 0 saturated heterocycles. The van der Waals surface area contributed by atoms with E-state index in [0.717, 1.165) is 0 Å². The number of hydrogen-bond donors (Lipinski definition) is 0. The van der Waals surface area contributed by atoms with Crippen molar-refractivity contribution in [2.45, 2.75) is 45.3 Å². The summed E-state index contributed by atoms with van der Waals surface area (Å²) in [5.74, 6) is -1.38. The fraction of sp³-hybridized carbons (Fsp3) is 0.889. The van der Waals surface area contributed by atoms with Gasteiger partial charge in [0.15, 0.2) is 8.32 Å². The molecule has 0 amide bonds. The number of hydrogen-bond acceptors (Lipinski definition) is 3. The molecule has 0 saturated carbocycles. The molecule has 0 rings (SSSR count). The number of esters is 1. The van der Waals surface area contributed by atoms with Crippen LogP contribution in [-0.2, 0) is 14.0 Å². The summed E-state index contributed by atoms with van der Waals surface area (Å²) < 4.78 is 47.8. The number of rotatable bonds is 4. The van der Waals surface area contributed by atoms with Crippen molar-refractivity contribution in [2.24, 2.45) is 0 Å². The molecule has 7 heteroatoms. The molecule has 16 heavy (non-hydrogen) atoms. The maximum Gasteiger partial charge on any atom is 0.427 e. The van der Waals surface area contributed by atoms with Crippen molar-refractivity contribution in [1.29, 1.82) is 0 Å². The van der Waals surface area contributed by atoms with E-state index in [-0.39, 0.29) is 6.61 Å². The summed E-state index contributed by atoms with van der Waals surface area (Å²) >= 11 is 0. The zero-order valence-corrected chi connectivity index (χ0v) is 11.1. The molecular weight excluding hydrogens is 241 g/mol. The third-order valence-corrected chi connectivity index (χ3v) is 2.74. The Morgan fingerprint density at radius 1 is 1.25 bits per heavy atom. The molecule has 0 aliphatic carbocycles. The van der Waals surface area contributed by atoms with E-state index >= 15 is 0 Å². The predicted octanol–water partition coefficient (Wildman–Crippen LogP) is 2.72. The smallest absolute Gasteiger partial charge is 0.427 e. The van der Waals surface area contributed by atoms with Crippen LogP contribution in [0, 0.1) is 0 Å². The molecule has 0 radical (unpaired) electrons. The van der Waals surface area contributed by atoms with Crippen molar-refractivity contribution >= 4 is 14.3 Å². The highest BCUT2D eigenvalue weighted by Gasteiger charge is 2.60. The first-order valence-electron chi connectivity index (χ1n) is 4.88. The van der Waals surface area contributed by atoms with Gasteiger partial charge in [0.25, 0.3) is 0 Å². The van der Waals surface area contributed by atoms with Gasteiger partial charge in [-0.2, -0.15) is 13.2 Å². The van der Waals surface area contributed by atoms with E-state index in [2.05, 4.69) is 4.74 Å². The molecule has 96 valence electrons. The lowest BCUT2D eigenvalue weighted by molar-refractivity contribution is -0.250. The van der Waals surface area contributed by atoms with Crippen LogP contribution in [0.15, 0.2) is 0 Å². The zero-order valence-electron chi connectivity index (χ0n) is 10.1. The van der Waals surface area contributed by atoms with Crippen LogP contribution in [0.4, 0.5) is 13.2 Å². The predicted molar refractivity (Wildman–Crippen MR) is 55.5 cm³/mol. The van der Waals surface area contributed by atoms with Crippen LogP contribution < -0.4 is 0 Å². The van der Waals surface area contributed by atoms with Gasteiger partial charge in [0.1, 0.15) is 0 Å². The number of halogens is 3. The molecule has 0 bridgehead atoms. The molecule has 0 fully saturated rings. The molecule has 0 heterocycles. The number of carbonyl (C=O) groups excluding carboxylic acids is 1. The van der Waals surface area contributed by atoms with E-state index in [1.165, 1.54) is 6.92 Å². The van der Waals surface area contributed by atoms with E-state index in [1.807, 2.05) is 0 Å². The highest BCUT2D eigenvalue weighted by Crippen LogP contribution is 2.36. The van der Waals surface area contributed by atoms with Gasteiger partial charge in [0.05, 0.1) is 6.61 Å². The van der Waals surface area contributed by atoms with Crippen molar-refractivity contribution in [3.63, 3.8) is 0 Å². The Kier molecular flexibility index (Phi) is 4.58. The lowest BCUT2D eigenvalue weighted by Gasteiger charge is -2.35. The van der Waals surface area contributed by atoms with Crippen LogP contribution >= 0.6 is 0 Å². The Bertz CT molecular complexity index is 260. The van der Waals surface area contributed by atoms with E-state index in [0.29, 0.717) is 6.92 Å². The maximum absolute atomic E-state index is 12.8. The normalized spacial score (nSPS) is 16.8. The van der Waals surface area contributed by atoms with Crippen molar-refractivity contribution < 1.29 is 27.1 Å². The summed E-state index contributed by atoms with van der Waals surface area (Å²) in [5.41, 5.74) is -2.87. The largest absolute Gasteiger partial charge is 0.464 e. The lowest BCUT2D eigenvalue weighted by Crippen LogP contribution is -2.57. The fourth-order valence-electron chi connectivity index (χ4n) is 1.10. The zero-order chi connectivity index (χ0) is 13.2. The highest BCUT2D eigenvalue weighted by atomic mass is 28.4. The minimum atomic E-state index is -4.78. The Balaban J connectivity index is 5.13. The monoisotopic (exact) mass is 258 g/mol. The minimum absolute atomic E-state index is 0.112. The van der Waals surface area contributed by atoms with Crippen LogP contribution in [0.5, 0.6) is 0 Å². The summed E-state index contributed by atoms with van der Waals surface area (Å²) in [6.45, 7) is 6.79. The first-order valence-corrected chi connectivity index (χ1v) is 8.29. The topological polar surface area (TPSA) is 35.5 Å². The van der Waals surface area contributed by atoms with E-state index in [4.69, 9.17) is 4.43 Å². The van der Waals surface area contributed by atoms with Crippen LogP contribution in [0.1, 0.15) is 13.8 Å². The average molecular weight is 258 g/mol. The molecule has 0 N–H and O–H groups in total. The molecule has 1 unspecified atom stereocenters. The van der Waals surface area contributed by atoms with Gasteiger partial charge in [-0.15, -0.1) is 0 Å². The van der Waals surface area contributed by atoms with Gasteiger partial charge in [-0.25, -0.2) is 4.79 Å². The second kappa shape index (κ2) is 4.75. The fourth-order valence-corrected chi connectivity index (χ4v) is 2.52. The van der Waals surface area contributed by atoms with Crippen LogP contribution in [0.2, 0.25) is 19.6 Å². The van der Waals surface area contributed by atoms with Gasteiger partial charge in [0.2, 0.25) is 5.60 Å². The third-order valence-electron chi connectivity index (χ3n) is 1.72. The Morgan fingerprint density at radius 2 is 1.69 bits per heavy atom. The summed E-state index contributed by atoms with van der Waals surface area (Å²) in [5, 5.41) is 0. The van der Waals surface area contributed by atoms with Gasteiger partial charge in [-0.1, -0.05) is 0 Å². The molecule has 0 spiro atoms. The average Bonchev–Trinajstić information content (AvgIpc) is 1.99. The van der Waals surface area contributed by atoms with Gasteiger partial charge < -0.3 is 9.16 Å².